The number of para-hydroxylation sites is 7. The third kappa shape index (κ3) is 9.96. The molecule has 0 amide bonds. The van der Waals surface area contributed by atoms with Gasteiger partial charge in [-0.1, -0.05) is 218 Å². The number of anilines is 10. The highest BCUT2D eigenvalue weighted by molar-refractivity contribution is 5.98. The second kappa shape index (κ2) is 22.1. The summed E-state index contributed by atoms with van der Waals surface area (Å²) in [4.78, 5) is 7.09. The lowest BCUT2D eigenvalue weighted by Crippen LogP contribution is -2.25. The van der Waals surface area contributed by atoms with Gasteiger partial charge in [-0.15, -0.1) is 0 Å². The molecule has 12 rings (SSSR count). The molecule has 1 aliphatic carbocycles. The fourth-order valence-corrected chi connectivity index (χ4v) is 10.6. The van der Waals surface area contributed by atoms with Crippen LogP contribution in [-0.4, -0.2) is 6.04 Å². The summed E-state index contributed by atoms with van der Waals surface area (Å²) < 4.78 is 0. The minimum absolute atomic E-state index is 0.122. The first-order valence-corrected chi connectivity index (χ1v) is 26.1. The summed E-state index contributed by atoms with van der Waals surface area (Å²) in [5.41, 5.74) is 18.8. The van der Waals surface area contributed by atoms with Crippen molar-refractivity contribution < 1.29 is 0 Å². The summed E-state index contributed by atoms with van der Waals surface area (Å²) in [6.45, 7) is 0. The predicted octanol–water partition coefficient (Wildman–Crippen LogP) is 19.8. The average Bonchev–Trinajstić information content (AvgIpc) is 3.51. The van der Waals surface area contributed by atoms with Crippen molar-refractivity contribution in [3.63, 3.8) is 0 Å². The number of hydrogen-bond acceptors (Lipinski definition) is 4. The van der Waals surface area contributed by atoms with E-state index in [-0.39, 0.29) is 12.0 Å². The van der Waals surface area contributed by atoms with Crippen LogP contribution in [0.2, 0.25) is 0 Å². The van der Waals surface area contributed by atoms with E-state index in [1.807, 2.05) is 0 Å². The van der Waals surface area contributed by atoms with Gasteiger partial charge < -0.3 is 20.0 Å². The molecular weight excluding hydrogens is 921 g/mol. The second-order valence-electron chi connectivity index (χ2n) is 18.9. The Labute approximate surface area is 447 Å². The summed E-state index contributed by atoms with van der Waals surface area (Å²) in [7, 11) is 0. The van der Waals surface area contributed by atoms with Crippen LogP contribution < -0.4 is 20.0 Å². The molecule has 76 heavy (non-hydrogen) atoms. The number of nitrogens with one attached hydrogen (secondary N) is 1. The monoisotopic (exact) mass is 976 g/mol. The fourth-order valence-electron chi connectivity index (χ4n) is 10.6. The summed E-state index contributed by atoms with van der Waals surface area (Å²) in [6, 6.07) is 107. The number of allylic oxidation sites excluding steroid dienone is 2. The molecule has 0 heterocycles. The van der Waals surface area contributed by atoms with Crippen LogP contribution in [0.5, 0.6) is 0 Å². The first-order valence-electron chi connectivity index (χ1n) is 26.1. The highest BCUT2D eigenvalue weighted by Crippen LogP contribution is 2.49. The van der Waals surface area contributed by atoms with Gasteiger partial charge in [0.1, 0.15) is 0 Å². The molecule has 0 aromatic heterocycles. The van der Waals surface area contributed by atoms with E-state index in [1.54, 1.807) is 0 Å². The number of nitrogens with zero attached hydrogens (tertiary/aromatic N) is 3. The lowest BCUT2D eigenvalue weighted by atomic mass is 9.88. The zero-order valence-corrected chi connectivity index (χ0v) is 42.1. The molecule has 0 spiro atoms. The van der Waals surface area contributed by atoms with Crippen molar-refractivity contribution in [3.8, 4) is 33.4 Å². The van der Waals surface area contributed by atoms with Gasteiger partial charge in [-0.2, -0.15) is 0 Å². The molecule has 0 saturated heterocycles. The molecule has 0 aliphatic heterocycles. The largest absolute Gasteiger partial charge is 0.378 e. The van der Waals surface area contributed by atoms with Gasteiger partial charge in [0.15, 0.2) is 0 Å². The maximum absolute atomic E-state index is 3.85. The molecule has 2 unspecified atom stereocenters. The van der Waals surface area contributed by atoms with Gasteiger partial charge in [0.05, 0.1) is 23.1 Å². The van der Waals surface area contributed by atoms with Gasteiger partial charge >= 0.3 is 0 Å². The lowest BCUT2D eigenvalue weighted by molar-refractivity contribution is 0.756. The van der Waals surface area contributed by atoms with Crippen molar-refractivity contribution in [3.05, 3.63) is 327 Å². The van der Waals surface area contributed by atoms with Crippen LogP contribution in [0.3, 0.4) is 0 Å². The Morgan fingerprint density at radius 1 is 0.250 bits per heavy atom. The van der Waals surface area contributed by atoms with Crippen molar-refractivity contribution in [1.29, 1.82) is 0 Å². The molecule has 0 radical (unpaired) electrons. The predicted molar refractivity (Wildman–Crippen MR) is 322 cm³/mol. The molecule has 1 N–H and O–H groups in total. The number of rotatable bonds is 15. The molecule has 4 heteroatoms. The van der Waals surface area contributed by atoms with Crippen LogP contribution in [0, 0.1) is 0 Å². The smallest absolute Gasteiger partial charge is 0.0550 e. The Balaban J connectivity index is 0.961. The van der Waals surface area contributed by atoms with E-state index in [0.29, 0.717) is 0 Å². The molecule has 4 nitrogen and oxygen atoms in total. The molecule has 11 aromatic rings. The number of hydrogen-bond donors (Lipinski definition) is 1. The SMILES string of the molecule is C1=CC(Nc2ccc(-c3ccccc3N(c3ccccc3-c3ccc(N(c4ccccc4)c4ccccc4)cc3)c3ccccc3-c3ccc(N(c4ccccc4)c4ccccc4)cc3)cc2)C(c2ccccc2)C=C1. The maximum atomic E-state index is 3.85. The van der Waals surface area contributed by atoms with E-state index >= 15 is 0 Å². The van der Waals surface area contributed by atoms with Crippen LogP contribution in [0.1, 0.15) is 11.5 Å². The van der Waals surface area contributed by atoms with E-state index in [4.69, 9.17) is 0 Å². The summed E-state index contributed by atoms with van der Waals surface area (Å²) in [6.07, 6.45) is 8.85. The summed E-state index contributed by atoms with van der Waals surface area (Å²) in [5, 5.41) is 3.85. The molecule has 1 aliphatic rings. The third-order valence-corrected chi connectivity index (χ3v) is 14.2. The van der Waals surface area contributed by atoms with Crippen LogP contribution >= 0.6 is 0 Å². The van der Waals surface area contributed by atoms with E-state index in [9.17, 15) is 0 Å². The Bertz CT molecular complexity index is 3460. The standard InChI is InChI=1S/C72H56N4/c1-6-24-54(25-7-1)65-34-16-20-38-69(65)73-58-48-42-55(43-49-58)66-35-17-21-39-70(66)76(71-40-22-18-36-67(71)56-44-50-63(51-45-56)74(59-26-8-2-9-27-59)60-28-10-3-11-29-60)72-41-23-19-37-68(72)57-46-52-64(53-47-57)75(61-30-12-4-13-31-61)62-32-14-5-15-33-62/h1-53,65,69,73H. The van der Waals surface area contributed by atoms with Crippen LogP contribution in [0.15, 0.2) is 322 Å². The van der Waals surface area contributed by atoms with E-state index in [2.05, 4.69) is 342 Å². The topological polar surface area (TPSA) is 21.8 Å². The summed E-state index contributed by atoms with van der Waals surface area (Å²) >= 11 is 0. The van der Waals surface area contributed by atoms with Crippen molar-refractivity contribution in [1.82, 2.24) is 0 Å². The number of benzene rings is 11. The van der Waals surface area contributed by atoms with Crippen LogP contribution in [0.25, 0.3) is 33.4 Å². The van der Waals surface area contributed by atoms with E-state index < -0.39 is 0 Å². The zero-order chi connectivity index (χ0) is 50.9. The van der Waals surface area contributed by atoms with Crippen molar-refractivity contribution in [2.24, 2.45) is 0 Å². The van der Waals surface area contributed by atoms with Crippen LogP contribution in [-0.2, 0) is 0 Å². The Morgan fingerprint density at radius 3 is 0.934 bits per heavy atom. The van der Waals surface area contributed by atoms with Gasteiger partial charge in [0.25, 0.3) is 0 Å². The molecule has 11 aromatic carbocycles. The van der Waals surface area contributed by atoms with Gasteiger partial charge in [-0.3, -0.25) is 0 Å². The van der Waals surface area contributed by atoms with Gasteiger partial charge in [-0.25, -0.2) is 0 Å². The highest BCUT2D eigenvalue weighted by atomic mass is 15.2. The zero-order valence-electron chi connectivity index (χ0n) is 42.1. The second-order valence-corrected chi connectivity index (χ2v) is 18.9. The molecule has 2 atom stereocenters. The molecule has 0 bridgehead atoms. The minimum Gasteiger partial charge on any atom is -0.378 e. The molecular formula is C72H56N4. The van der Waals surface area contributed by atoms with Crippen molar-refractivity contribution >= 4 is 56.9 Å². The Morgan fingerprint density at radius 2 is 0.553 bits per heavy atom. The lowest BCUT2D eigenvalue weighted by Gasteiger charge is -2.32. The van der Waals surface area contributed by atoms with Gasteiger partial charge in [-0.05, 0) is 125 Å². The first-order chi connectivity index (χ1) is 37.7. The van der Waals surface area contributed by atoms with Crippen LogP contribution in [0.4, 0.5) is 56.9 Å². The molecule has 0 fully saturated rings. The summed E-state index contributed by atoms with van der Waals surface area (Å²) in [5.74, 6) is 0.228. The maximum Gasteiger partial charge on any atom is 0.0550 e. The van der Waals surface area contributed by atoms with Gasteiger partial charge in [0.2, 0.25) is 0 Å². The van der Waals surface area contributed by atoms with E-state index in [1.165, 1.54) is 5.56 Å². The fraction of sp³-hybridized carbons (Fsp3) is 0.0278. The Kier molecular flexibility index (Phi) is 13.7. The van der Waals surface area contributed by atoms with E-state index in [0.717, 1.165) is 90.3 Å². The average molecular weight is 977 g/mol. The minimum atomic E-state index is 0.122. The normalized spacial score (nSPS) is 13.7. The van der Waals surface area contributed by atoms with Crippen molar-refractivity contribution in [2.75, 3.05) is 20.0 Å². The highest BCUT2D eigenvalue weighted by Gasteiger charge is 2.25. The molecule has 0 saturated carbocycles. The third-order valence-electron chi connectivity index (χ3n) is 14.2. The Hall–Kier alpha value is -9.90. The van der Waals surface area contributed by atoms with Gasteiger partial charge in [0, 0.05) is 62.4 Å². The molecule has 364 valence electrons. The first kappa shape index (κ1) is 47.1. The quantitative estimate of drug-likeness (QED) is 0.110. The van der Waals surface area contributed by atoms with Crippen molar-refractivity contribution in [2.45, 2.75) is 12.0 Å².